The lowest BCUT2D eigenvalue weighted by Gasteiger charge is -2.24. The van der Waals surface area contributed by atoms with Gasteiger partial charge < -0.3 is 24.5 Å². The van der Waals surface area contributed by atoms with E-state index in [9.17, 15) is 0 Å². The Hall–Kier alpha value is -2.21. The number of methoxy groups -OCH3 is 1. The Kier molecular flexibility index (Phi) is 3.96. The second-order valence-electron chi connectivity index (χ2n) is 4.94. The first-order chi connectivity index (χ1) is 10.3. The second kappa shape index (κ2) is 6.05. The van der Waals surface area contributed by atoms with E-state index in [0.717, 1.165) is 25.0 Å². The van der Waals surface area contributed by atoms with Crippen LogP contribution >= 0.6 is 0 Å². The van der Waals surface area contributed by atoms with Crippen molar-refractivity contribution in [2.75, 3.05) is 26.1 Å². The standard InChI is InChI=1S/C15H18N2O4/c1-18-12-5-4-10(13-8-15(16)17-21-13)7-14(12)20-11-3-2-6-19-9-11/h4-5,7-8,11H,2-3,6,9H2,1H3,(H2,16,17). The fourth-order valence-corrected chi connectivity index (χ4v) is 2.33. The van der Waals surface area contributed by atoms with Crippen LogP contribution in [0.1, 0.15) is 12.8 Å². The molecule has 21 heavy (non-hydrogen) atoms. The quantitative estimate of drug-likeness (QED) is 0.932. The monoisotopic (exact) mass is 290 g/mol. The molecule has 1 fully saturated rings. The first kappa shape index (κ1) is 13.8. The maximum absolute atomic E-state index is 6.00. The van der Waals surface area contributed by atoms with Gasteiger partial charge in [-0.25, -0.2) is 0 Å². The Balaban J connectivity index is 1.86. The first-order valence-corrected chi connectivity index (χ1v) is 6.91. The summed E-state index contributed by atoms with van der Waals surface area (Å²) in [5.74, 6) is 2.29. The molecule has 0 amide bonds. The van der Waals surface area contributed by atoms with E-state index in [-0.39, 0.29) is 6.10 Å². The van der Waals surface area contributed by atoms with E-state index < -0.39 is 0 Å². The van der Waals surface area contributed by atoms with Crippen LogP contribution in [0.3, 0.4) is 0 Å². The average molecular weight is 290 g/mol. The Morgan fingerprint density at radius 3 is 2.86 bits per heavy atom. The van der Waals surface area contributed by atoms with Crippen LogP contribution in [0.2, 0.25) is 0 Å². The molecule has 6 heteroatoms. The number of hydrogen-bond acceptors (Lipinski definition) is 6. The van der Waals surface area contributed by atoms with Gasteiger partial charge >= 0.3 is 0 Å². The lowest BCUT2D eigenvalue weighted by Crippen LogP contribution is -2.28. The number of nitrogens with zero attached hydrogens (tertiary/aromatic N) is 1. The predicted octanol–water partition coefficient (Wildman–Crippen LogP) is 2.49. The minimum absolute atomic E-state index is 0.0442. The van der Waals surface area contributed by atoms with Crippen LogP contribution in [-0.2, 0) is 4.74 Å². The van der Waals surface area contributed by atoms with Gasteiger partial charge in [0, 0.05) is 18.2 Å². The summed E-state index contributed by atoms with van der Waals surface area (Å²) >= 11 is 0. The van der Waals surface area contributed by atoms with E-state index in [4.69, 9.17) is 24.5 Å². The number of anilines is 1. The van der Waals surface area contributed by atoms with Crippen LogP contribution in [0.5, 0.6) is 11.5 Å². The third-order valence-electron chi connectivity index (χ3n) is 3.39. The zero-order chi connectivity index (χ0) is 14.7. The van der Waals surface area contributed by atoms with Gasteiger partial charge in [-0.2, -0.15) is 0 Å². The van der Waals surface area contributed by atoms with Gasteiger partial charge in [-0.15, -0.1) is 0 Å². The van der Waals surface area contributed by atoms with Crippen molar-refractivity contribution in [3.05, 3.63) is 24.3 Å². The molecular formula is C15H18N2O4. The number of rotatable bonds is 4. The van der Waals surface area contributed by atoms with Crippen molar-refractivity contribution >= 4 is 5.82 Å². The Morgan fingerprint density at radius 2 is 2.19 bits per heavy atom. The lowest BCUT2D eigenvalue weighted by molar-refractivity contribution is 0.00646. The highest BCUT2D eigenvalue weighted by molar-refractivity contribution is 5.64. The fourth-order valence-electron chi connectivity index (χ4n) is 2.33. The average Bonchev–Trinajstić information content (AvgIpc) is 2.95. The number of ether oxygens (including phenoxy) is 3. The topological polar surface area (TPSA) is 79.7 Å². The van der Waals surface area contributed by atoms with Gasteiger partial charge in [0.15, 0.2) is 23.1 Å². The van der Waals surface area contributed by atoms with Crippen molar-refractivity contribution in [1.29, 1.82) is 0 Å². The first-order valence-electron chi connectivity index (χ1n) is 6.91. The molecule has 1 saturated heterocycles. The molecule has 1 aromatic carbocycles. The minimum Gasteiger partial charge on any atom is -0.493 e. The molecule has 0 aliphatic carbocycles. The predicted molar refractivity (Wildman–Crippen MR) is 77.4 cm³/mol. The van der Waals surface area contributed by atoms with Crippen LogP contribution < -0.4 is 15.2 Å². The van der Waals surface area contributed by atoms with Gasteiger partial charge in [0.1, 0.15) is 6.10 Å². The van der Waals surface area contributed by atoms with Crippen LogP contribution in [0, 0.1) is 0 Å². The van der Waals surface area contributed by atoms with E-state index in [1.807, 2.05) is 18.2 Å². The Bertz CT molecular complexity index is 605. The zero-order valence-electron chi connectivity index (χ0n) is 11.9. The third-order valence-corrected chi connectivity index (χ3v) is 3.39. The van der Waals surface area contributed by atoms with Crippen molar-refractivity contribution in [2.24, 2.45) is 0 Å². The highest BCUT2D eigenvalue weighted by atomic mass is 16.5. The fraction of sp³-hybridized carbons (Fsp3) is 0.400. The Labute approximate surface area is 122 Å². The van der Waals surface area contributed by atoms with Crippen LogP contribution in [-0.4, -0.2) is 31.6 Å². The number of hydrogen-bond donors (Lipinski definition) is 1. The molecule has 1 aliphatic heterocycles. The summed E-state index contributed by atoms with van der Waals surface area (Å²) in [5.41, 5.74) is 6.42. The van der Waals surface area contributed by atoms with Crippen molar-refractivity contribution < 1.29 is 18.7 Å². The van der Waals surface area contributed by atoms with Gasteiger partial charge in [0.05, 0.1) is 13.7 Å². The van der Waals surface area contributed by atoms with Crippen molar-refractivity contribution in [2.45, 2.75) is 18.9 Å². The molecule has 6 nitrogen and oxygen atoms in total. The highest BCUT2D eigenvalue weighted by Crippen LogP contribution is 2.34. The molecule has 2 heterocycles. The summed E-state index contributed by atoms with van der Waals surface area (Å²) in [5, 5.41) is 3.69. The molecule has 0 radical (unpaired) electrons. The molecule has 1 aromatic heterocycles. The van der Waals surface area contributed by atoms with E-state index in [0.29, 0.717) is 29.7 Å². The number of nitrogens with two attached hydrogens (primary N) is 1. The normalized spacial score (nSPS) is 18.4. The second-order valence-corrected chi connectivity index (χ2v) is 4.94. The van der Waals surface area contributed by atoms with Crippen molar-refractivity contribution in [1.82, 2.24) is 5.16 Å². The number of benzene rings is 1. The largest absolute Gasteiger partial charge is 0.493 e. The highest BCUT2D eigenvalue weighted by Gasteiger charge is 2.18. The maximum atomic E-state index is 6.00. The molecule has 2 aromatic rings. The molecule has 1 aliphatic rings. The smallest absolute Gasteiger partial charge is 0.169 e. The molecule has 2 N–H and O–H groups in total. The van der Waals surface area contributed by atoms with Crippen LogP contribution in [0.15, 0.2) is 28.8 Å². The summed E-state index contributed by atoms with van der Waals surface area (Å²) in [4.78, 5) is 0. The molecule has 112 valence electrons. The molecule has 1 atom stereocenters. The summed E-state index contributed by atoms with van der Waals surface area (Å²) in [7, 11) is 1.62. The minimum atomic E-state index is 0.0442. The summed E-state index contributed by atoms with van der Waals surface area (Å²) in [6.07, 6.45) is 2.02. The van der Waals surface area contributed by atoms with E-state index in [1.165, 1.54) is 0 Å². The number of nitrogen functional groups attached to an aromatic ring is 1. The van der Waals surface area contributed by atoms with Gasteiger partial charge in [0.2, 0.25) is 0 Å². The molecule has 0 saturated carbocycles. The number of aromatic nitrogens is 1. The summed E-state index contributed by atoms with van der Waals surface area (Å²) < 4.78 is 22.0. The van der Waals surface area contributed by atoms with Gasteiger partial charge in [0.25, 0.3) is 0 Å². The van der Waals surface area contributed by atoms with E-state index in [1.54, 1.807) is 13.2 Å². The lowest BCUT2D eigenvalue weighted by atomic mass is 10.1. The molecule has 0 bridgehead atoms. The van der Waals surface area contributed by atoms with Gasteiger partial charge in [-0.3, -0.25) is 0 Å². The van der Waals surface area contributed by atoms with Gasteiger partial charge in [-0.05, 0) is 31.0 Å². The summed E-state index contributed by atoms with van der Waals surface area (Å²) in [6.45, 7) is 1.40. The third kappa shape index (κ3) is 3.11. The molecule has 0 spiro atoms. The van der Waals surface area contributed by atoms with Crippen LogP contribution in [0.4, 0.5) is 5.82 Å². The molecule has 3 rings (SSSR count). The molecule has 1 unspecified atom stereocenters. The summed E-state index contributed by atoms with van der Waals surface area (Å²) in [6, 6.07) is 7.26. The van der Waals surface area contributed by atoms with E-state index >= 15 is 0 Å². The molecular weight excluding hydrogens is 272 g/mol. The maximum Gasteiger partial charge on any atom is 0.169 e. The zero-order valence-corrected chi connectivity index (χ0v) is 11.9. The Morgan fingerprint density at radius 1 is 1.29 bits per heavy atom. The van der Waals surface area contributed by atoms with Crippen molar-refractivity contribution in [3.63, 3.8) is 0 Å². The van der Waals surface area contributed by atoms with Crippen LogP contribution in [0.25, 0.3) is 11.3 Å². The SMILES string of the molecule is COc1ccc(-c2cc(N)no2)cc1OC1CCCOC1. The van der Waals surface area contributed by atoms with Crippen molar-refractivity contribution in [3.8, 4) is 22.8 Å². The van der Waals surface area contributed by atoms with E-state index in [2.05, 4.69) is 5.16 Å². The van der Waals surface area contributed by atoms with Gasteiger partial charge in [-0.1, -0.05) is 5.16 Å².